The van der Waals surface area contributed by atoms with Crippen molar-refractivity contribution >= 4 is 45.6 Å². The van der Waals surface area contributed by atoms with Gasteiger partial charge < -0.3 is 39.0 Å². The summed E-state index contributed by atoms with van der Waals surface area (Å²) >= 11 is 0. The number of morpholine rings is 1. The van der Waals surface area contributed by atoms with Crippen LogP contribution >= 0.6 is 0 Å². The Morgan fingerprint density at radius 2 is 1.78 bits per heavy atom. The van der Waals surface area contributed by atoms with E-state index < -0.39 is 29.6 Å². The molecule has 10 rings (SSSR count). The highest BCUT2D eigenvalue weighted by Crippen LogP contribution is 2.37. The van der Waals surface area contributed by atoms with Crippen molar-refractivity contribution in [1.82, 2.24) is 44.1 Å². The number of ether oxygens (including phenoxy) is 2. The van der Waals surface area contributed by atoms with Gasteiger partial charge in [0.25, 0.3) is 0 Å². The Labute approximate surface area is 337 Å². The lowest BCUT2D eigenvalue weighted by atomic mass is 10.1. The summed E-state index contributed by atoms with van der Waals surface area (Å²) in [6.07, 6.45) is 1.44. The van der Waals surface area contributed by atoms with Crippen LogP contribution < -0.4 is 15.1 Å². The molecule has 59 heavy (non-hydrogen) atoms. The summed E-state index contributed by atoms with van der Waals surface area (Å²) in [7, 11) is 5.41. The number of rotatable bonds is 4. The number of aryl methyl sites for hydroxylation is 1. The number of fused-ring (bicyclic) bond motifs is 7. The van der Waals surface area contributed by atoms with Crippen LogP contribution in [0.25, 0.3) is 39.0 Å². The molecule has 8 heterocycles. The molecular weight excluding hydrogens is 766 g/mol. The Bertz CT molecular complexity index is 2620. The third-order valence-corrected chi connectivity index (χ3v) is 12.1. The van der Waals surface area contributed by atoms with Crippen molar-refractivity contribution in [1.29, 1.82) is 0 Å². The Kier molecular flexibility index (Phi) is 9.17. The summed E-state index contributed by atoms with van der Waals surface area (Å²) in [5, 5.41) is 8.64. The molecule has 1 N–H and O–H groups in total. The van der Waals surface area contributed by atoms with Crippen molar-refractivity contribution in [2.24, 2.45) is 0 Å². The SMILES string of the molecule is CO[C@H]1CN(C)C(=O)[C@@H]2CC(CN2c2nc(N3CCO[C@H]4CN(C)C[C@H]43)nc3c2cnn3-c2ccc(F)cc2F)Nc2cccc(n2)-c2cc(F)cc3nc(C)n(c23)C1. The standard InChI is InChI=1S/C41H43F3N12O3/c1-22-46-31-14-24(43)12-27-30-6-5-7-36(48-30)47-25-15-33(40(57)52(3)18-26(58-4)19-54(22)37(27)31)55(17-25)38-28-16-45-56(32-9-8-23(42)13-29(32)44)39(28)50-41(49-38)53-10-11-59-35-21-51(2)20-34(35)53/h5-9,12-14,16,25-26,33-35H,10-11,15,17-21H2,1-4H3,(H,47,48)/t25?,26-,33-,34+,35-/m0/s1. The molecule has 4 bridgehead atoms. The summed E-state index contributed by atoms with van der Waals surface area (Å²) in [4.78, 5) is 42.8. The largest absolute Gasteiger partial charge is 0.378 e. The summed E-state index contributed by atoms with van der Waals surface area (Å²) < 4.78 is 60.2. The Morgan fingerprint density at radius 1 is 0.915 bits per heavy atom. The monoisotopic (exact) mass is 808 g/mol. The lowest BCUT2D eigenvalue weighted by molar-refractivity contribution is -0.132. The van der Waals surface area contributed by atoms with E-state index >= 15 is 8.78 Å². The first-order chi connectivity index (χ1) is 28.5. The van der Waals surface area contributed by atoms with Crippen LogP contribution in [0.15, 0.2) is 54.7 Å². The average Bonchev–Trinajstić information content (AvgIpc) is 4.00. The number of pyridine rings is 1. The summed E-state index contributed by atoms with van der Waals surface area (Å²) in [6.45, 7) is 5.25. The van der Waals surface area contributed by atoms with Gasteiger partial charge in [-0.05, 0) is 50.7 Å². The molecule has 3 saturated heterocycles. The topological polar surface area (TPSA) is 135 Å². The van der Waals surface area contributed by atoms with Crippen LogP contribution in [0.3, 0.4) is 0 Å². The minimum Gasteiger partial charge on any atom is -0.378 e. The second-order valence-corrected chi connectivity index (χ2v) is 15.9. The van der Waals surface area contributed by atoms with Crippen LogP contribution in [0, 0.1) is 24.4 Å². The van der Waals surface area contributed by atoms with Crippen molar-refractivity contribution in [2.45, 2.75) is 50.2 Å². The van der Waals surface area contributed by atoms with Gasteiger partial charge in [-0.3, -0.25) is 4.79 Å². The maximum Gasteiger partial charge on any atom is 0.245 e. The molecule has 0 saturated carbocycles. The number of carbonyl (C=O) groups is 1. The number of benzene rings is 2. The van der Waals surface area contributed by atoms with E-state index in [-0.39, 0.29) is 36.3 Å². The lowest BCUT2D eigenvalue weighted by Gasteiger charge is -2.37. The number of anilines is 3. The van der Waals surface area contributed by atoms with Gasteiger partial charge in [-0.1, -0.05) is 6.07 Å². The fraction of sp³-hybridized carbons (Fsp3) is 0.415. The predicted molar refractivity (Wildman–Crippen MR) is 214 cm³/mol. The molecule has 18 heteroatoms. The number of carbonyl (C=O) groups excluding carboxylic acids is 1. The zero-order chi connectivity index (χ0) is 40.7. The van der Waals surface area contributed by atoms with Crippen LogP contribution in [-0.2, 0) is 20.8 Å². The van der Waals surface area contributed by atoms with Crippen LogP contribution in [0.1, 0.15) is 12.2 Å². The molecule has 0 radical (unpaired) electrons. The summed E-state index contributed by atoms with van der Waals surface area (Å²) in [6, 6.07) is 10.7. The number of halogens is 3. The molecule has 5 atom stereocenters. The second-order valence-electron chi connectivity index (χ2n) is 15.9. The highest BCUT2D eigenvalue weighted by atomic mass is 19.1. The third kappa shape index (κ3) is 6.49. The van der Waals surface area contributed by atoms with Gasteiger partial charge in [0, 0.05) is 70.6 Å². The molecular formula is C41H43F3N12O3. The van der Waals surface area contributed by atoms with E-state index in [1.54, 1.807) is 25.3 Å². The molecule has 306 valence electrons. The molecule has 1 unspecified atom stereocenters. The van der Waals surface area contributed by atoms with Crippen molar-refractivity contribution in [2.75, 3.05) is 75.7 Å². The third-order valence-electron chi connectivity index (χ3n) is 12.1. The van der Waals surface area contributed by atoms with Gasteiger partial charge in [-0.25, -0.2) is 27.8 Å². The van der Waals surface area contributed by atoms with E-state index in [4.69, 9.17) is 29.4 Å². The zero-order valence-corrected chi connectivity index (χ0v) is 33.0. The van der Waals surface area contributed by atoms with E-state index in [1.807, 2.05) is 41.6 Å². The average molecular weight is 809 g/mol. The van der Waals surface area contributed by atoms with Crippen LogP contribution in [0.2, 0.25) is 0 Å². The van der Waals surface area contributed by atoms with Gasteiger partial charge in [-0.2, -0.15) is 15.1 Å². The number of likely N-dealkylation sites (tertiary alicyclic amines) is 1. The minimum absolute atomic E-state index is 0.0237. The Balaban J connectivity index is 1.11. The first-order valence-corrected chi connectivity index (χ1v) is 19.8. The van der Waals surface area contributed by atoms with Crippen LogP contribution in [0.4, 0.5) is 30.8 Å². The zero-order valence-electron chi connectivity index (χ0n) is 33.0. The van der Waals surface area contributed by atoms with Gasteiger partial charge in [0.05, 0.1) is 59.7 Å². The molecule has 0 spiro atoms. The first-order valence-electron chi connectivity index (χ1n) is 19.8. The second kappa shape index (κ2) is 14.5. The number of nitrogens with one attached hydrogen (secondary N) is 1. The maximum atomic E-state index is 15.4. The molecule has 4 aromatic heterocycles. The Morgan fingerprint density at radius 3 is 2.61 bits per heavy atom. The normalized spacial score (nSPS) is 23.8. The highest BCUT2D eigenvalue weighted by Gasteiger charge is 2.43. The van der Waals surface area contributed by atoms with E-state index in [1.165, 1.54) is 28.9 Å². The highest BCUT2D eigenvalue weighted by molar-refractivity contribution is 5.94. The first kappa shape index (κ1) is 37.4. The van der Waals surface area contributed by atoms with Crippen LogP contribution in [-0.4, -0.2) is 141 Å². The molecule has 0 aliphatic carbocycles. The maximum absolute atomic E-state index is 15.4. The van der Waals surface area contributed by atoms with Crippen molar-refractivity contribution in [3.8, 4) is 16.9 Å². The Hall–Kier alpha value is -5.85. The fourth-order valence-corrected chi connectivity index (χ4v) is 9.29. The van der Waals surface area contributed by atoms with Crippen LogP contribution in [0.5, 0.6) is 0 Å². The number of hydrogen-bond acceptors (Lipinski definition) is 12. The number of imidazole rings is 1. The molecule has 2 aromatic carbocycles. The predicted octanol–water partition coefficient (Wildman–Crippen LogP) is 4.02. The molecule has 4 aliphatic heterocycles. The quantitative estimate of drug-likeness (QED) is 0.276. The van der Waals surface area contributed by atoms with Gasteiger partial charge in [0.2, 0.25) is 11.9 Å². The number of methoxy groups -OCH3 is 1. The number of hydrogen-bond donors (Lipinski definition) is 1. The number of likely N-dealkylation sites (N-methyl/N-ethyl adjacent to an activating group) is 2. The lowest BCUT2D eigenvalue weighted by Crippen LogP contribution is -2.52. The smallest absolute Gasteiger partial charge is 0.245 e. The summed E-state index contributed by atoms with van der Waals surface area (Å²) in [5.74, 6) is -0.0156. The van der Waals surface area contributed by atoms with E-state index in [0.29, 0.717) is 83.9 Å². The van der Waals surface area contributed by atoms with Gasteiger partial charge in [-0.15, -0.1) is 0 Å². The number of amides is 1. The number of nitrogens with zero attached hydrogens (tertiary/aromatic N) is 11. The molecule has 15 nitrogen and oxygen atoms in total. The minimum atomic E-state index is -0.798. The summed E-state index contributed by atoms with van der Waals surface area (Å²) in [5.41, 5.74) is 2.72. The van der Waals surface area contributed by atoms with E-state index in [2.05, 4.69) is 20.2 Å². The molecule has 3 fully saturated rings. The molecule has 4 aliphatic rings. The fourth-order valence-electron chi connectivity index (χ4n) is 9.29. The van der Waals surface area contributed by atoms with Gasteiger partial charge in [0.1, 0.15) is 40.8 Å². The molecule has 6 aromatic rings. The van der Waals surface area contributed by atoms with Crippen molar-refractivity contribution in [3.63, 3.8) is 0 Å². The van der Waals surface area contributed by atoms with E-state index in [9.17, 15) is 9.18 Å². The number of aromatic nitrogens is 7. The molecule has 1 amide bonds. The van der Waals surface area contributed by atoms with E-state index in [0.717, 1.165) is 24.7 Å². The van der Waals surface area contributed by atoms with Gasteiger partial charge >= 0.3 is 0 Å². The van der Waals surface area contributed by atoms with Crippen molar-refractivity contribution in [3.05, 3.63) is 78.0 Å². The van der Waals surface area contributed by atoms with Crippen molar-refractivity contribution < 1.29 is 27.4 Å². The van der Waals surface area contributed by atoms with Gasteiger partial charge in [0.15, 0.2) is 11.5 Å².